The van der Waals surface area contributed by atoms with Gasteiger partial charge in [0.25, 0.3) is 0 Å². The molecule has 19 heavy (non-hydrogen) atoms. The van der Waals surface area contributed by atoms with Gasteiger partial charge >= 0.3 is 0 Å². The fraction of sp³-hybridized carbons (Fsp3) is 0.467. The Labute approximate surface area is 119 Å². The number of halogens is 1. The average Bonchev–Trinajstić information content (AvgIpc) is 2.41. The van der Waals surface area contributed by atoms with E-state index in [9.17, 15) is 0 Å². The van der Waals surface area contributed by atoms with E-state index in [4.69, 9.17) is 25.8 Å². The maximum Gasteiger partial charge on any atom is 0.180 e. The molecule has 104 valence electrons. The second-order valence-corrected chi connectivity index (χ2v) is 4.10. The van der Waals surface area contributed by atoms with Crippen LogP contribution in [-0.2, 0) is 14.2 Å². The molecule has 1 aromatic rings. The standard InChI is InChI=1S/C15H19ClO3/c1-3-18-15(19-4-2)12-17-11-5-6-13-7-9-14(16)10-8-13/h7-10,15H,3-4,11-12H2,1-2H3. The van der Waals surface area contributed by atoms with Gasteiger partial charge in [0.2, 0.25) is 0 Å². The Morgan fingerprint density at radius 1 is 1.11 bits per heavy atom. The highest BCUT2D eigenvalue weighted by Gasteiger charge is 2.06. The van der Waals surface area contributed by atoms with Gasteiger partial charge in [-0.3, -0.25) is 0 Å². The second-order valence-electron chi connectivity index (χ2n) is 3.66. The number of hydrogen-bond acceptors (Lipinski definition) is 3. The first-order valence-corrected chi connectivity index (χ1v) is 6.69. The van der Waals surface area contributed by atoms with Crippen molar-refractivity contribution in [2.75, 3.05) is 26.4 Å². The molecule has 0 bridgehead atoms. The molecule has 0 amide bonds. The monoisotopic (exact) mass is 282 g/mol. The minimum Gasteiger partial charge on any atom is -0.363 e. The molecule has 0 saturated heterocycles. The summed E-state index contributed by atoms with van der Waals surface area (Å²) in [7, 11) is 0. The van der Waals surface area contributed by atoms with E-state index in [2.05, 4.69) is 11.8 Å². The van der Waals surface area contributed by atoms with E-state index in [0.717, 1.165) is 5.56 Å². The normalized spacial score (nSPS) is 10.3. The van der Waals surface area contributed by atoms with Gasteiger partial charge in [-0.2, -0.15) is 0 Å². The quantitative estimate of drug-likeness (QED) is 0.437. The summed E-state index contributed by atoms with van der Waals surface area (Å²) in [5.41, 5.74) is 0.916. The Kier molecular flexibility index (Phi) is 8.28. The van der Waals surface area contributed by atoms with Crippen molar-refractivity contribution >= 4 is 11.6 Å². The fourth-order valence-corrected chi connectivity index (χ4v) is 1.52. The molecule has 0 fully saturated rings. The number of ether oxygens (including phenoxy) is 3. The zero-order chi connectivity index (χ0) is 13.9. The van der Waals surface area contributed by atoms with E-state index in [1.807, 2.05) is 38.1 Å². The maximum atomic E-state index is 5.79. The van der Waals surface area contributed by atoms with Crippen LogP contribution < -0.4 is 0 Å². The third-order valence-electron chi connectivity index (χ3n) is 2.21. The molecule has 1 rings (SSSR count). The summed E-state index contributed by atoms with van der Waals surface area (Å²) in [6.07, 6.45) is -0.313. The summed E-state index contributed by atoms with van der Waals surface area (Å²) < 4.78 is 16.1. The molecule has 0 spiro atoms. The third-order valence-corrected chi connectivity index (χ3v) is 2.46. The molecular formula is C15H19ClO3. The molecule has 0 aliphatic heterocycles. The Balaban J connectivity index is 2.28. The zero-order valence-electron chi connectivity index (χ0n) is 11.3. The van der Waals surface area contributed by atoms with Gasteiger partial charge < -0.3 is 14.2 Å². The van der Waals surface area contributed by atoms with Crippen LogP contribution in [-0.4, -0.2) is 32.7 Å². The Hall–Kier alpha value is -1.05. The maximum absolute atomic E-state index is 5.79. The van der Waals surface area contributed by atoms with Gasteiger partial charge in [0.1, 0.15) is 6.61 Å². The van der Waals surface area contributed by atoms with Crippen molar-refractivity contribution in [3.63, 3.8) is 0 Å². The predicted molar refractivity (Wildman–Crippen MR) is 76.2 cm³/mol. The van der Waals surface area contributed by atoms with E-state index >= 15 is 0 Å². The molecule has 4 heteroatoms. The molecule has 0 aliphatic carbocycles. The molecule has 0 saturated carbocycles. The van der Waals surface area contributed by atoms with Gasteiger partial charge in [-0.15, -0.1) is 0 Å². The van der Waals surface area contributed by atoms with E-state index in [1.165, 1.54) is 0 Å². The summed E-state index contributed by atoms with van der Waals surface area (Å²) in [5, 5.41) is 0.707. The van der Waals surface area contributed by atoms with Crippen LogP contribution in [0.15, 0.2) is 24.3 Å². The summed E-state index contributed by atoms with van der Waals surface area (Å²) in [6.45, 7) is 5.78. The Bertz CT molecular complexity index is 400. The van der Waals surface area contributed by atoms with Crippen molar-refractivity contribution in [1.82, 2.24) is 0 Å². The van der Waals surface area contributed by atoms with Gasteiger partial charge in [-0.25, -0.2) is 0 Å². The SMILES string of the molecule is CCOC(COCC#Cc1ccc(Cl)cc1)OCC. The van der Waals surface area contributed by atoms with Crippen molar-refractivity contribution in [3.8, 4) is 11.8 Å². The molecule has 0 atom stereocenters. The highest BCUT2D eigenvalue weighted by Crippen LogP contribution is 2.08. The van der Waals surface area contributed by atoms with Crippen molar-refractivity contribution in [1.29, 1.82) is 0 Å². The smallest absolute Gasteiger partial charge is 0.180 e. The average molecular weight is 283 g/mol. The highest BCUT2D eigenvalue weighted by atomic mass is 35.5. The summed E-state index contributed by atoms with van der Waals surface area (Å²) in [5.74, 6) is 5.93. The van der Waals surface area contributed by atoms with Gasteiger partial charge in [0.05, 0.1) is 6.61 Å². The lowest BCUT2D eigenvalue weighted by Gasteiger charge is -2.15. The first-order chi connectivity index (χ1) is 9.26. The van der Waals surface area contributed by atoms with Gasteiger partial charge in [-0.1, -0.05) is 23.4 Å². The second kappa shape index (κ2) is 9.82. The zero-order valence-corrected chi connectivity index (χ0v) is 12.1. The first kappa shape index (κ1) is 16.0. The number of benzene rings is 1. The van der Waals surface area contributed by atoms with E-state index in [-0.39, 0.29) is 6.29 Å². The van der Waals surface area contributed by atoms with Crippen LogP contribution in [0.2, 0.25) is 5.02 Å². The first-order valence-electron chi connectivity index (χ1n) is 6.31. The summed E-state index contributed by atoms with van der Waals surface area (Å²) in [4.78, 5) is 0. The van der Waals surface area contributed by atoms with Crippen molar-refractivity contribution in [3.05, 3.63) is 34.9 Å². The molecular weight excluding hydrogens is 264 g/mol. The van der Waals surface area contributed by atoms with Crippen LogP contribution in [0.25, 0.3) is 0 Å². The topological polar surface area (TPSA) is 27.7 Å². The lowest BCUT2D eigenvalue weighted by molar-refractivity contribution is -0.164. The number of hydrogen-bond donors (Lipinski definition) is 0. The number of rotatable bonds is 7. The van der Waals surface area contributed by atoms with E-state index < -0.39 is 0 Å². The lowest BCUT2D eigenvalue weighted by atomic mass is 10.2. The molecule has 0 radical (unpaired) electrons. The predicted octanol–water partition coefficient (Wildman–Crippen LogP) is 3.11. The Morgan fingerprint density at radius 3 is 2.32 bits per heavy atom. The Morgan fingerprint density at radius 2 is 1.74 bits per heavy atom. The van der Waals surface area contributed by atoms with Crippen molar-refractivity contribution < 1.29 is 14.2 Å². The van der Waals surface area contributed by atoms with Gasteiger partial charge in [0.15, 0.2) is 6.29 Å². The molecule has 3 nitrogen and oxygen atoms in total. The summed E-state index contributed by atoms with van der Waals surface area (Å²) >= 11 is 5.79. The van der Waals surface area contributed by atoms with Crippen molar-refractivity contribution in [2.45, 2.75) is 20.1 Å². The van der Waals surface area contributed by atoms with Crippen LogP contribution in [0.3, 0.4) is 0 Å². The lowest BCUT2D eigenvalue weighted by Crippen LogP contribution is -2.23. The van der Waals surface area contributed by atoms with Crippen LogP contribution in [0.1, 0.15) is 19.4 Å². The minimum atomic E-state index is -0.313. The van der Waals surface area contributed by atoms with E-state index in [0.29, 0.717) is 31.5 Å². The molecule has 0 unspecified atom stereocenters. The molecule has 0 aromatic heterocycles. The third kappa shape index (κ3) is 7.19. The molecule has 0 aliphatic rings. The fourth-order valence-electron chi connectivity index (χ4n) is 1.39. The van der Waals surface area contributed by atoms with Crippen molar-refractivity contribution in [2.24, 2.45) is 0 Å². The van der Waals surface area contributed by atoms with Gasteiger partial charge in [0, 0.05) is 23.8 Å². The summed E-state index contributed by atoms with van der Waals surface area (Å²) in [6, 6.07) is 7.37. The van der Waals surface area contributed by atoms with Crippen LogP contribution >= 0.6 is 11.6 Å². The van der Waals surface area contributed by atoms with E-state index in [1.54, 1.807) is 0 Å². The minimum absolute atomic E-state index is 0.313. The van der Waals surface area contributed by atoms with Gasteiger partial charge in [-0.05, 0) is 38.1 Å². The van der Waals surface area contributed by atoms with Crippen LogP contribution in [0.5, 0.6) is 0 Å². The highest BCUT2D eigenvalue weighted by molar-refractivity contribution is 6.30. The molecule has 0 heterocycles. The van der Waals surface area contributed by atoms with Crippen LogP contribution in [0, 0.1) is 11.8 Å². The van der Waals surface area contributed by atoms with Crippen LogP contribution in [0.4, 0.5) is 0 Å². The molecule has 1 aromatic carbocycles. The largest absolute Gasteiger partial charge is 0.363 e. The molecule has 0 N–H and O–H groups in total.